The summed E-state index contributed by atoms with van der Waals surface area (Å²) in [4.78, 5) is 4.41. The minimum atomic E-state index is -4.29. The van der Waals surface area contributed by atoms with Gasteiger partial charge in [0.1, 0.15) is 0 Å². The van der Waals surface area contributed by atoms with Gasteiger partial charge in [0.25, 0.3) is 0 Å². The maximum absolute atomic E-state index is 12.9. The van der Waals surface area contributed by atoms with Crippen LogP contribution >= 0.6 is 11.9 Å². The third kappa shape index (κ3) is 5.56. The summed E-state index contributed by atoms with van der Waals surface area (Å²) in [6, 6.07) is 14.0. The van der Waals surface area contributed by atoms with Crippen molar-refractivity contribution in [2.24, 2.45) is 0 Å². The minimum Gasteiger partial charge on any atom is -0.369 e. The molecule has 1 fully saturated rings. The van der Waals surface area contributed by atoms with Crippen LogP contribution in [0.15, 0.2) is 48.5 Å². The van der Waals surface area contributed by atoms with Crippen LogP contribution in [0.2, 0.25) is 0 Å². The van der Waals surface area contributed by atoms with Crippen LogP contribution in [0.1, 0.15) is 11.1 Å². The van der Waals surface area contributed by atoms with E-state index >= 15 is 0 Å². The Bertz CT molecular complexity index is 743. The topological polar surface area (TPSA) is 18.5 Å². The van der Waals surface area contributed by atoms with Crippen molar-refractivity contribution in [3.8, 4) is 0 Å². The normalized spacial score (nSPS) is 15.8. The monoisotopic (exact) mass is 395 g/mol. The Morgan fingerprint density at radius 3 is 2.44 bits per heavy atom. The molecule has 7 heteroatoms. The fourth-order valence-electron chi connectivity index (χ4n) is 3.30. The highest BCUT2D eigenvalue weighted by Crippen LogP contribution is 2.31. The maximum Gasteiger partial charge on any atom is 0.416 e. The molecule has 0 spiro atoms. The number of rotatable bonds is 6. The van der Waals surface area contributed by atoms with E-state index in [1.165, 1.54) is 17.7 Å². The molecule has 0 saturated carbocycles. The number of hydrogen-bond acceptors (Lipinski definition) is 4. The zero-order valence-corrected chi connectivity index (χ0v) is 16.1. The molecule has 3 rings (SSSR count). The second-order valence-electron chi connectivity index (χ2n) is 6.63. The highest BCUT2D eigenvalue weighted by molar-refractivity contribution is 7.99. The SMILES string of the molecule is CSNc1cccc(CCN2CCN(c3cccc(C(F)(F)F)c3)CC2)c1. The lowest BCUT2D eigenvalue weighted by Crippen LogP contribution is -2.47. The van der Waals surface area contributed by atoms with Crippen LogP contribution in [0.4, 0.5) is 24.5 Å². The zero-order valence-electron chi connectivity index (χ0n) is 15.3. The molecular formula is C20H24F3N3S. The molecule has 0 radical (unpaired) electrons. The van der Waals surface area contributed by atoms with Crippen LogP contribution in [0.5, 0.6) is 0 Å². The average molecular weight is 395 g/mol. The third-order valence-corrected chi connectivity index (χ3v) is 5.21. The van der Waals surface area contributed by atoms with Gasteiger partial charge in [-0.25, -0.2) is 0 Å². The zero-order chi connectivity index (χ0) is 19.3. The molecule has 3 nitrogen and oxygen atoms in total. The van der Waals surface area contributed by atoms with Crippen molar-refractivity contribution in [1.82, 2.24) is 4.90 Å². The number of nitrogens with one attached hydrogen (secondary N) is 1. The Morgan fingerprint density at radius 2 is 1.74 bits per heavy atom. The van der Waals surface area contributed by atoms with E-state index in [0.717, 1.165) is 50.9 Å². The second-order valence-corrected chi connectivity index (χ2v) is 7.25. The molecule has 1 aliphatic rings. The van der Waals surface area contributed by atoms with Gasteiger partial charge in [-0.05, 0) is 42.3 Å². The lowest BCUT2D eigenvalue weighted by atomic mass is 10.1. The van der Waals surface area contributed by atoms with Gasteiger partial charge in [0.05, 0.1) is 5.56 Å². The van der Waals surface area contributed by atoms with E-state index in [9.17, 15) is 13.2 Å². The number of alkyl halides is 3. The number of piperazine rings is 1. The molecule has 27 heavy (non-hydrogen) atoms. The third-order valence-electron chi connectivity index (χ3n) is 4.77. The molecule has 1 N–H and O–H groups in total. The lowest BCUT2D eigenvalue weighted by molar-refractivity contribution is -0.137. The molecule has 1 saturated heterocycles. The number of halogens is 3. The summed E-state index contributed by atoms with van der Waals surface area (Å²) in [6.07, 6.45) is -1.33. The first-order valence-electron chi connectivity index (χ1n) is 8.98. The molecule has 0 aliphatic carbocycles. The van der Waals surface area contributed by atoms with Crippen LogP contribution < -0.4 is 9.62 Å². The smallest absolute Gasteiger partial charge is 0.369 e. The van der Waals surface area contributed by atoms with Gasteiger partial charge in [-0.15, -0.1) is 0 Å². The van der Waals surface area contributed by atoms with Crippen molar-refractivity contribution >= 4 is 23.3 Å². The van der Waals surface area contributed by atoms with Gasteiger partial charge in [0.15, 0.2) is 0 Å². The van der Waals surface area contributed by atoms with E-state index < -0.39 is 11.7 Å². The molecule has 0 amide bonds. The van der Waals surface area contributed by atoms with E-state index in [-0.39, 0.29) is 0 Å². The lowest BCUT2D eigenvalue weighted by Gasteiger charge is -2.36. The van der Waals surface area contributed by atoms with E-state index in [4.69, 9.17) is 0 Å². The maximum atomic E-state index is 12.9. The van der Waals surface area contributed by atoms with Gasteiger partial charge in [-0.2, -0.15) is 13.2 Å². The average Bonchev–Trinajstić information content (AvgIpc) is 2.67. The first-order valence-corrected chi connectivity index (χ1v) is 10.2. The van der Waals surface area contributed by atoms with Crippen molar-refractivity contribution in [3.63, 3.8) is 0 Å². The van der Waals surface area contributed by atoms with Gasteiger partial charge >= 0.3 is 6.18 Å². The van der Waals surface area contributed by atoms with Gasteiger partial charge in [0, 0.05) is 50.4 Å². The molecule has 2 aromatic carbocycles. The summed E-state index contributed by atoms with van der Waals surface area (Å²) in [5.74, 6) is 0. The second kappa shape index (κ2) is 8.89. The standard InChI is InChI=1S/C20H24F3N3S/c1-27-24-18-6-2-4-16(14-18)8-9-25-10-12-26(13-11-25)19-7-3-5-17(15-19)20(21,22)23/h2-7,14-15,24H,8-13H2,1H3. The number of benzene rings is 2. The number of nitrogens with zero attached hydrogens (tertiary/aromatic N) is 2. The predicted molar refractivity (Wildman–Crippen MR) is 107 cm³/mol. The van der Waals surface area contributed by atoms with Crippen molar-refractivity contribution in [2.45, 2.75) is 12.6 Å². The summed E-state index contributed by atoms with van der Waals surface area (Å²) in [5, 5.41) is 0. The van der Waals surface area contributed by atoms with Crippen LogP contribution in [0, 0.1) is 0 Å². The Kier molecular flexibility index (Phi) is 6.55. The molecule has 0 unspecified atom stereocenters. The molecule has 0 bridgehead atoms. The van der Waals surface area contributed by atoms with Crippen LogP contribution in [0.25, 0.3) is 0 Å². The van der Waals surface area contributed by atoms with Gasteiger partial charge in [0.2, 0.25) is 0 Å². The van der Waals surface area contributed by atoms with E-state index in [0.29, 0.717) is 5.69 Å². The minimum absolute atomic E-state index is 0.582. The quantitative estimate of drug-likeness (QED) is 0.711. The Morgan fingerprint density at radius 1 is 1.00 bits per heavy atom. The molecular weight excluding hydrogens is 371 g/mol. The molecule has 1 heterocycles. The number of anilines is 2. The predicted octanol–water partition coefficient (Wildman–Crippen LogP) is 4.76. The summed E-state index contributed by atoms with van der Waals surface area (Å²) < 4.78 is 42.0. The van der Waals surface area contributed by atoms with Crippen molar-refractivity contribution in [1.29, 1.82) is 0 Å². The highest BCUT2D eigenvalue weighted by atomic mass is 32.2. The summed E-state index contributed by atoms with van der Waals surface area (Å²) in [6.45, 7) is 4.17. The molecule has 0 aromatic heterocycles. The van der Waals surface area contributed by atoms with E-state index in [2.05, 4.69) is 27.8 Å². The molecule has 1 aliphatic heterocycles. The van der Waals surface area contributed by atoms with Crippen molar-refractivity contribution in [2.75, 3.05) is 48.6 Å². The number of hydrogen-bond donors (Lipinski definition) is 1. The fraction of sp³-hybridized carbons (Fsp3) is 0.400. The largest absolute Gasteiger partial charge is 0.416 e. The first-order chi connectivity index (χ1) is 13.0. The van der Waals surface area contributed by atoms with E-state index in [1.54, 1.807) is 18.0 Å². The van der Waals surface area contributed by atoms with Crippen LogP contribution in [-0.2, 0) is 12.6 Å². The van der Waals surface area contributed by atoms with Crippen LogP contribution in [0.3, 0.4) is 0 Å². The van der Waals surface area contributed by atoms with Gasteiger partial charge in [-0.1, -0.05) is 30.1 Å². The van der Waals surface area contributed by atoms with Crippen molar-refractivity contribution in [3.05, 3.63) is 59.7 Å². The van der Waals surface area contributed by atoms with E-state index in [1.807, 2.05) is 17.2 Å². The van der Waals surface area contributed by atoms with Gasteiger partial charge in [-0.3, -0.25) is 4.90 Å². The Hall–Kier alpha value is -1.86. The van der Waals surface area contributed by atoms with Gasteiger partial charge < -0.3 is 9.62 Å². The Labute approximate surface area is 162 Å². The first kappa shape index (κ1) is 19.9. The highest BCUT2D eigenvalue weighted by Gasteiger charge is 2.31. The molecule has 0 atom stereocenters. The Balaban J connectivity index is 1.51. The fourth-order valence-corrected chi connectivity index (χ4v) is 3.67. The molecule has 146 valence electrons. The summed E-state index contributed by atoms with van der Waals surface area (Å²) in [7, 11) is 0. The van der Waals surface area contributed by atoms with Crippen LogP contribution in [-0.4, -0.2) is 43.9 Å². The molecule has 2 aromatic rings. The van der Waals surface area contributed by atoms with Crippen molar-refractivity contribution < 1.29 is 13.2 Å². The summed E-state index contributed by atoms with van der Waals surface area (Å²) >= 11 is 1.57. The summed E-state index contributed by atoms with van der Waals surface area (Å²) in [5.41, 5.74) is 2.46.